The molecule has 1 aromatic carbocycles. The Morgan fingerprint density at radius 2 is 1.86 bits per heavy atom. The van der Waals surface area contributed by atoms with E-state index in [4.69, 9.17) is 10.6 Å². The van der Waals surface area contributed by atoms with Gasteiger partial charge in [-0.3, -0.25) is 5.43 Å². The van der Waals surface area contributed by atoms with Crippen molar-refractivity contribution in [2.24, 2.45) is 5.84 Å². The van der Waals surface area contributed by atoms with Crippen LogP contribution in [0.2, 0.25) is 0 Å². The van der Waals surface area contributed by atoms with E-state index in [0.29, 0.717) is 19.1 Å². The van der Waals surface area contributed by atoms with E-state index in [0.717, 1.165) is 12.8 Å². The number of nitrogens with one attached hydrogen (secondary N) is 2. The molecule has 4 N–H and O–H groups in total. The van der Waals surface area contributed by atoms with Crippen molar-refractivity contribution in [2.75, 3.05) is 23.9 Å². The lowest BCUT2D eigenvalue weighted by atomic mass is 10.1. The van der Waals surface area contributed by atoms with Crippen molar-refractivity contribution in [2.45, 2.75) is 19.8 Å². The number of aromatic nitrogens is 3. The van der Waals surface area contributed by atoms with Crippen LogP contribution in [0.3, 0.4) is 0 Å². The molecule has 2 rings (SSSR count). The molecule has 0 radical (unpaired) electrons. The van der Waals surface area contributed by atoms with E-state index in [1.165, 1.54) is 5.56 Å². The van der Waals surface area contributed by atoms with Gasteiger partial charge in [0.15, 0.2) is 0 Å². The summed E-state index contributed by atoms with van der Waals surface area (Å²) in [6, 6.07) is 10.5. The minimum atomic E-state index is 0.266. The Hall–Kier alpha value is -2.41. The van der Waals surface area contributed by atoms with E-state index in [-0.39, 0.29) is 12.0 Å². The highest BCUT2D eigenvalue weighted by Gasteiger charge is 2.06. The number of ether oxygens (including phenoxy) is 1. The van der Waals surface area contributed by atoms with Gasteiger partial charge in [0.2, 0.25) is 11.9 Å². The predicted molar refractivity (Wildman–Crippen MR) is 82.1 cm³/mol. The number of benzene rings is 1. The summed E-state index contributed by atoms with van der Waals surface area (Å²) >= 11 is 0. The van der Waals surface area contributed by atoms with Gasteiger partial charge >= 0.3 is 6.01 Å². The van der Waals surface area contributed by atoms with Crippen molar-refractivity contribution in [1.82, 2.24) is 15.0 Å². The lowest BCUT2D eigenvalue weighted by Gasteiger charge is -2.09. The molecule has 0 bridgehead atoms. The summed E-state index contributed by atoms with van der Waals surface area (Å²) in [4.78, 5) is 12.4. The molecule has 2 aromatic rings. The molecule has 0 aliphatic heterocycles. The Bertz CT molecular complexity index is 548. The summed E-state index contributed by atoms with van der Waals surface area (Å²) in [7, 11) is 0. The molecule has 0 saturated heterocycles. The molecule has 1 aromatic heterocycles. The quantitative estimate of drug-likeness (QED) is 0.501. The van der Waals surface area contributed by atoms with Crippen molar-refractivity contribution in [3.05, 3.63) is 35.9 Å². The molecule has 0 saturated carbocycles. The topological polar surface area (TPSA) is 98.0 Å². The largest absolute Gasteiger partial charge is 0.463 e. The molecular weight excluding hydrogens is 268 g/mol. The fourth-order valence-corrected chi connectivity index (χ4v) is 1.72. The van der Waals surface area contributed by atoms with Gasteiger partial charge in [0.25, 0.3) is 0 Å². The normalized spacial score (nSPS) is 10.2. The first-order valence-electron chi connectivity index (χ1n) is 6.95. The molecular formula is C14H20N6O. The lowest BCUT2D eigenvalue weighted by Crippen LogP contribution is -2.15. The van der Waals surface area contributed by atoms with Crippen LogP contribution in [0.5, 0.6) is 6.01 Å². The molecule has 21 heavy (non-hydrogen) atoms. The zero-order valence-corrected chi connectivity index (χ0v) is 12.0. The van der Waals surface area contributed by atoms with E-state index < -0.39 is 0 Å². The predicted octanol–water partition coefficient (Wildman–Crippen LogP) is 1.60. The van der Waals surface area contributed by atoms with Gasteiger partial charge in [0.1, 0.15) is 0 Å². The van der Waals surface area contributed by atoms with Crippen LogP contribution in [0.4, 0.5) is 11.9 Å². The van der Waals surface area contributed by atoms with E-state index in [2.05, 4.69) is 37.8 Å². The summed E-state index contributed by atoms with van der Waals surface area (Å²) < 4.78 is 5.41. The average molecular weight is 288 g/mol. The molecule has 7 nitrogen and oxygen atoms in total. The Kier molecular flexibility index (Phi) is 5.71. The average Bonchev–Trinajstić information content (AvgIpc) is 2.53. The number of nitrogens with zero attached hydrogens (tertiary/aromatic N) is 3. The molecule has 0 amide bonds. The minimum Gasteiger partial charge on any atom is -0.463 e. The van der Waals surface area contributed by atoms with Crippen molar-refractivity contribution in [1.29, 1.82) is 0 Å². The number of hydrazine groups is 1. The molecule has 0 fully saturated rings. The van der Waals surface area contributed by atoms with Gasteiger partial charge in [-0.1, -0.05) is 37.3 Å². The molecule has 112 valence electrons. The highest BCUT2D eigenvalue weighted by Crippen LogP contribution is 2.11. The Labute approximate surface area is 123 Å². The maximum atomic E-state index is 5.41. The van der Waals surface area contributed by atoms with Gasteiger partial charge in [0, 0.05) is 6.54 Å². The summed E-state index contributed by atoms with van der Waals surface area (Å²) in [5, 5.41) is 3.15. The summed E-state index contributed by atoms with van der Waals surface area (Å²) in [6.45, 7) is 3.28. The van der Waals surface area contributed by atoms with Crippen molar-refractivity contribution in [3.8, 4) is 6.01 Å². The van der Waals surface area contributed by atoms with Gasteiger partial charge in [0.05, 0.1) is 6.61 Å². The van der Waals surface area contributed by atoms with Gasteiger partial charge in [-0.05, 0) is 18.4 Å². The van der Waals surface area contributed by atoms with Crippen molar-refractivity contribution >= 4 is 11.9 Å². The molecule has 1 heterocycles. The number of hydrogen-bond acceptors (Lipinski definition) is 7. The first-order chi connectivity index (χ1) is 10.3. The standard InChI is InChI=1S/C14H20N6O/c1-2-10-21-14-18-12(17-13(19-14)20-15)16-9-8-11-6-4-3-5-7-11/h3-7H,2,8-10,15H2,1H3,(H2,16,17,18,19,20). The van der Waals surface area contributed by atoms with Crippen LogP contribution in [0.1, 0.15) is 18.9 Å². The van der Waals surface area contributed by atoms with Crippen LogP contribution in [0.25, 0.3) is 0 Å². The highest BCUT2D eigenvalue weighted by atomic mass is 16.5. The van der Waals surface area contributed by atoms with Crippen molar-refractivity contribution in [3.63, 3.8) is 0 Å². The van der Waals surface area contributed by atoms with Crippen LogP contribution < -0.4 is 21.3 Å². The Morgan fingerprint density at radius 1 is 1.10 bits per heavy atom. The molecule has 0 spiro atoms. The van der Waals surface area contributed by atoms with E-state index in [1.807, 2.05) is 25.1 Å². The smallest absolute Gasteiger partial charge is 0.323 e. The Morgan fingerprint density at radius 3 is 2.57 bits per heavy atom. The van der Waals surface area contributed by atoms with Crippen LogP contribution in [0, 0.1) is 0 Å². The van der Waals surface area contributed by atoms with Gasteiger partial charge in [-0.2, -0.15) is 15.0 Å². The van der Waals surface area contributed by atoms with E-state index in [1.54, 1.807) is 0 Å². The molecule has 7 heteroatoms. The molecule has 0 aliphatic rings. The third-order valence-electron chi connectivity index (χ3n) is 2.72. The van der Waals surface area contributed by atoms with Gasteiger partial charge < -0.3 is 10.1 Å². The third-order valence-corrected chi connectivity index (χ3v) is 2.72. The monoisotopic (exact) mass is 288 g/mol. The van der Waals surface area contributed by atoms with E-state index >= 15 is 0 Å². The minimum absolute atomic E-state index is 0.266. The number of hydrogen-bond donors (Lipinski definition) is 3. The first-order valence-corrected chi connectivity index (χ1v) is 6.95. The Balaban J connectivity index is 1.95. The van der Waals surface area contributed by atoms with Gasteiger partial charge in [-0.25, -0.2) is 5.84 Å². The second-order valence-corrected chi connectivity index (χ2v) is 4.42. The molecule has 0 unspecified atom stereocenters. The lowest BCUT2D eigenvalue weighted by molar-refractivity contribution is 0.292. The van der Waals surface area contributed by atoms with Crippen LogP contribution in [-0.4, -0.2) is 28.1 Å². The molecule has 0 aliphatic carbocycles. The summed E-state index contributed by atoms with van der Waals surface area (Å²) in [5.41, 5.74) is 3.66. The van der Waals surface area contributed by atoms with Crippen molar-refractivity contribution < 1.29 is 4.74 Å². The zero-order valence-electron chi connectivity index (χ0n) is 12.0. The number of anilines is 2. The number of rotatable bonds is 8. The fraction of sp³-hybridized carbons (Fsp3) is 0.357. The first kappa shape index (κ1) is 15.0. The second-order valence-electron chi connectivity index (χ2n) is 4.42. The number of nitrogen functional groups attached to an aromatic ring is 1. The number of nitrogens with two attached hydrogens (primary N) is 1. The van der Waals surface area contributed by atoms with Gasteiger partial charge in [-0.15, -0.1) is 0 Å². The maximum Gasteiger partial charge on any atom is 0.323 e. The molecule has 0 atom stereocenters. The third kappa shape index (κ3) is 4.88. The second kappa shape index (κ2) is 8.01. The SMILES string of the molecule is CCCOc1nc(NN)nc(NCCc2ccccc2)n1. The van der Waals surface area contributed by atoms with E-state index in [9.17, 15) is 0 Å². The highest BCUT2D eigenvalue weighted by molar-refractivity contribution is 5.35. The maximum absolute atomic E-state index is 5.41. The summed E-state index contributed by atoms with van der Waals surface area (Å²) in [6.07, 6.45) is 1.76. The van der Waals surface area contributed by atoms with Crippen LogP contribution in [0.15, 0.2) is 30.3 Å². The van der Waals surface area contributed by atoms with Crippen LogP contribution in [-0.2, 0) is 6.42 Å². The summed E-state index contributed by atoms with van der Waals surface area (Å²) in [5.74, 6) is 6.07. The van der Waals surface area contributed by atoms with Crippen LogP contribution >= 0.6 is 0 Å². The zero-order chi connectivity index (χ0) is 14.9. The fourth-order valence-electron chi connectivity index (χ4n) is 1.72.